The van der Waals surface area contributed by atoms with Gasteiger partial charge in [0, 0.05) is 17.5 Å². The van der Waals surface area contributed by atoms with E-state index in [1.54, 1.807) is 29.0 Å². The van der Waals surface area contributed by atoms with Gasteiger partial charge in [0.2, 0.25) is 5.91 Å². The molecule has 0 bridgehead atoms. The summed E-state index contributed by atoms with van der Waals surface area (Å²) >= 11 is 1.53. The van der Waals surface area contributed by atoms with Crippen molar-refractivity contribution in [2.45, 2.75) is 61.6 Å². The first-order valence-electron chi connectivity index (χ1n) is 13.9. The van der Waals surface area contributed by atoms with Gasteiger partial charge >= 0.3 is 5.97 Å². The summed E-state index contributed by atoms with van der Waals surface area (Å²) in [6, 6.07) is 5.88. The molecule has 0 saturated carbocycles. The second-order valence-corrected chi connectivity index (χ2v) is 12.7. The number of aliphatic hydroxyl groups is 1. The minimum absolute atomic E-state index is 0.197. The Kier molecular flexibility index (Phi) is 8.10. The van der Waals surface area contributed by atoms with Crippen molar-refractivity contribution in [1.29, 1.82) is 0 Å². The molecule has 9 heteroatoms. The van der Waals surface area contributed by atoms with Gasteiger partial charge in [-0.05, 0) is 55.9 Å². The van der Waals surface area contributed by atoms with Gasteiger partial charge in [-0.2, -0.15) is 0 Å². The molecule has 0 aliphatic carbocycles. The molecule has 2 saturated heterocycles. The molecule has 2 amide bonds. The zero-order valence-corrected chi connectivity index (χ0v) is 23.6. The number of esters is 1. The van der Waals surface area contributed by atoms with E-state index in [2.05, 4.69) is 6.08 Å². The summed E-state index contributed by atoms with van der Waals surface area (Å²) in [6.45, 7) is 4.47. The van der Waals surface area contributed by atoms with Gasteiger partial charge in [0.25, 0.3) is 5.91 Å². The van der Waals surface area contributed by atoms with E-state index in [0.29, 0.717) is 31.0 Å². The average Bonchev–Trinajstić information content (AvgIpc) is 3.32. The lowest BCUT2D eigenvalue weighted by Crippen LogP contribution is -2.57. The van der Waals surface area contributed by atoms with Crippen molar-refractivity contribution in [3.05, 3.63) is 48.6 Å². The van der Waals surface area contributed by atoms with Crippen molar-refractivity contribution >= 4 is 35.2 Å². The van der Waals surface area contributed by atoms with Gasteiger partial charge in [0.05, 0.1) is 42.9 Å². The van der Waals surface area contributed by atoms with E-state index in [9.17, 15) is 19.5 Å². The lowest BCUT2D eigenvalue weighted by molar-refractivity contribution is -0.153. The quantitative estimate of drug-likeness (QED) is 0.424. The second-order valence-electron chi connectivity index (χ2n) is 11.2. The van der Waals surface area contributed by atoms with Gasteiger partial charge in [-0.25, -0.2) is 0 Å². The number of methoxy groups -OCH3 is 1. The Morgan fingerprint density at radius 3 is 2.59 bits per heavy atom. The van der Waals surface area contributed by atoms with Crippen LogP contribution in [0.1, 0.15) is 39.5 Å². The first kappa shape index (κ1) is 27.8. The summed E-state index contributed by atoms with van der Waals surface area (Å²) < 4.78 is 10.0. The van der Waals surface area contributed by atoms with Crippen molar-refractivity contribution < 1.29 is 29.0 Å². The van der Waals surface area contributed by atoms with E-state index in [-0.39, 0.29) is 35.6 Å². The van der Waals surface area contributed by atoms with E-state index >= 15 is 0 Å². The number of anilines is 1. The number of rotatable bonds is 6. The number of hydrogen-bond acceptors (Lipinski definition) is 7. The molecule has 0 radical (unpaired) electrons. The van der Waals surface area contributed by atoms with Crippen molar-refractivity contribution in [2.24, 2.45) is 17.8 Å². The molecule has 6 atom stereocenters. The second kappa shape index (κ2) is 11.4. The average molecular weight is 555 g/mol. The number of ether oxygens (including phenoxy) is 2. The Morgan fingerprint density at radius 2 is 1.90 bits per heavy atom. The number of nitrogens with zero attached hydrogens (tertiary/aromatic N) is 2. The number of allylic oxidation sites excluding steroid dienone is 1. The maximum Gasteiger partial charge on any atom is 0.311 e. The molecule has 1 unspecified atom stereocenters. The van der Waals surface area contributed by atoms with Crippen LogP contribution in [0, 0.1) is 17.8 Å². The number of cyclic esters (lactones) is 1. The fourth-order valence-corrected chi connectivity index (χ4v) is 8.55. The number of benzene rings is 1. The van der Waals surface area contributed by atoms with Gasteiger partial charge in [0.15, 0.2) is 0 Å². The van der Waals surface area contributed by atoms with E-state index < -0.39 is 28.7 Å². The van der Waals surface area contributed by atoms with Crippen molar-refractivity contribution in [1.82, 2.24) is 4.90 Å². The predicted octanol–water partition coefficient (Wildman–Crippen LogP) is 3.59. The Labute approximate surface area is 234 Å². The van der Waals surface area contributed by atoms with Crippen LogP contribution >= 0.6 is 11.8 Å². The Morgan fingerprint density at radius 1 is 1.13 bits per heavy atom. The first-order chi connectivity index (χ1) is 18.8. The van der Waals surface area contributed by atoms with Crippen LogP contribution in [0.25, 0.3) is 0 Å². The SMILES string of the molecule is COc1ccc(N2CC=C[C@]34S[C@@H]5/C=C\CCCCOC(=O)[C@@H]5[C@H]3C(=O)N([C@@H](CO)CC(C)C)C4C2=O)cc1. The van der Waals surface area contributed by atoms with Crippen molar-refractivity contribution in [3.63, 3.8) is 0 Å². The minimum Gasteiger partial charge on any atom is -0.497 e. The van der Waals surface area contributed by atoms with Crippen LogP contribution in [0.15, 0.2) is 48.6 Å². The molecule has 1 aromatic rings. The topological polar surface area (TPSA) is 96.4 Å². The maximum atomic E-state index is 14.5. The van der Waals surface area contributed by atoms with Crippen molar-refractivity contribution in [2.75, 3.05) is 31.8 Å². The molecule has 1 aromatic carbocycles. The fourth-order valence-electron chi connectivity index (χ4n) is 6.56. The molecular formula is C30H38N2O6S. The summed E-state index contributed by atoms with van der Waals surface area (Å²) in [5, 5.41) is 10.2. The van der Waals surface area contributed by atoms with Crippen LogP contribution in [-0.2, 0) is 19.1 Å². The third kappa shape index (κ3) is 4.88. The largest absolute Gasteiger partial charge is 0.497 e. The maximum absolute atomic E-state index is 14.5. The highest BCUT2D eigenvalue weighted by atomic mass is 32.2. The van der Waals surface area contributed by atoms with Gasteiger partial charge in [-0.3, -0.25) is 14.4 Å². The highest BCUT2D eigenvalue weighted by Gasteiger charge is 2.71. The number of carbonyl (C=O) groups excluding carboxylic acids is 3. The number of likely N-dealkylation sites (tertiary alicyclic amines) is 1. The van der Waals surface area contributed by atoms with E-state index in [0.717, 1.165) is 19.3 Å². The molecule has 4 aliphatic rings. The predicted molar refractivity (Wildman–Crippen MR) is 150 cm³/mol. The molecule has 2 fully saturated rings. The van der Waals surface area contributed by atoms with Crippen LogP contribution in [0.3, 0.4) is 0 Å². The third-order valence-electron chi connectivity index (χ3n) is 8.27. The number of fused-ring (bicyclic) bond motifs is 2. The number of hydrogen-bond donors (Lipinski definition) is 1. The molecule has 39 heavy (non-hydrogen) atoms. The third-order valence-corrected chi connectivity index (χ3v) is 10.0. The monoisotopic (exact) mass is 554 g/mol. The van der Waals surface area contributed by atoms with Gasteiger partial charge in [0.1, 0.15) is 11.8 Å². The zero-order valence-electron chi connectivity index (χ0n) is 22.8. The molecule has 8 nitrogen and oxygen atoms in total. The number of amides is 2. The Hall–Kier alpha value is -2.78. The van der Waals surface area contributed by atoms with Crippen LogP contribution in [0.2, 0.25) is 0 Å². The normalized spacial score (nSPS) is 32.3. The molecule has 5 rings (SSSR count). The molecule has 1 spiro atoms. The lowest BCUT2D eigenvalue weighted by Gasteiger charge is -2.39. The molecular weight excluding hydrogens is 516 g/mol. The Bertz CT molecular complexity index is 1150. The fraction of sp³-hybridized carbons (Fsp3) is 0.567. The van der Waals surface area contributed by atoms with Crippen LogP contribution in [0.4, 0.5) is 5.69 Å². The Balaban J connectivity index is 1.62. The summed E-state index contributed by atoms with van der Waals surface area (Å²) in [6.07, 6.45) is 11.2. The highest BCUT2D eigenvalue weighted by Crippen LogP contribution is 2.61. The van der Waals surface area contributed by atoms with E-state index in [4.69, 9.17) is 9.47 Å². The van der Waals surface area contributed by atoms with Crippen molar-refractivity contribution in [3.8, 4) is 5.75 Å². The molecule has 210 valence electrons. The number of thioether (sulfide) groups is 1. The van der Waals surface area contributed by atoms with Gasteiger partial charge in [-0.15, -0.1) is 11.8 Å². The zero-order chi connectivity index (χ0) is 27.7. The lowest BCUT2D eigenvalue weighted by atomic mass is 9.78. The van der Waals surface area contributed by atoms with Gasteiger partial charge in [-0.1, -0.05) is 38.2 Å². The molecule has 1 N–H and O–H groups in total. The molecule has 4 heterocycles. The highest BCUT2D eigenvalue weighted by molar-refractivity contribution is 8.02. The number of aliphatic hydroxyl groups excluding tert-OH is 1. The molecule has 0 aromatic heterocycles. The van der Waals surface area contributed by atoms with E-state index in [1.165, 1.54) is 11.8 Å². The van der Waals surface area contributed by atoms with Crippen LogP contribution in [0.5, 0.6) is 5.75 Å². The van der Waals surface area contributed by atoms with E-state index in [1.807, 2.05) is 44.2 Å². The summed E-state index contributed by atoms with van der Waals surface area (Å²) in [4.78, 5) is 45.7. The summed E-state index contributed by atoms with van der Waals surface area (Å²) in [7, 11) is 1.59. The molecule has 4 aliphatic heterocycles. The van der Waals surface area contributed by atoms with Crippen LogP contribution < -0.4 is 9.64 Å². The number of carbonyl (C=O) groups is 3. The summed E-state index contributed by atoms with van der Waals surface area (Å²) in [5.74, 6) is -1.42. The first-order valence-corrected chi connectivity index (χ1v) is 14.8. The van der Waals surface area contributed by atoms with Crippen LogP contribution in [-0.4, -0.2) is 76.7 Å². The van der Waals surface area contributed by atoms with Gasteiger partial charge < -0.3 is 24.4 Å². The minimum atomic E-state index is -0.952. The summed E-state index contributed by atoms with van der Waals surface area (Å²) in [5.41, 5.74) is 0.698. The smallest absolute Gasteiger partial charge is 0.311 e. The standard InChI is InChI=1S/C30H38N2O6S/c1-19(2)17-21(18-33)32-26-28(35)31(20-10-12-22(37-3)13-11-20)15-8-14-30(26)25(27(32)34)24-23(39-30)9-6-4-5-7-16-38-29(24)36/h6,8-14,19,21,23-26,33H,4-5,7,15-18H2,1-3H3/b9-6-/t21-,23-,24+,25+,26?,30+/m1/s1.